The smallest absolute Gasteiger partial charge is 0.234 e. The van der Waals surface area contributed by atoms with Gasteiger partial charge in [0.15, 0.2) is 0 Å². The minimum absolute atomic E-state index is 0.0305. The van der Waals surface area contributed by atoms with Crippen LogP contribution in [0.1, 0.15) is 10.8 Å². The number of thioether (sulfide) groups is 1. The Labute approximate surface area is 170 Å². The molecule has 0 aliphatic rings. The average Bonchev–Trinajstić information content (AvgIpc) is 2.72. The van der Waals surface area contributed by atoms with E-state index in [4.69, 9.17) is 9.47 Å². The molecule has 0 radical (unpaired) electrons. The molecule has 2 aromatic carbocycles. The van der Waals surface area contributed by atoms with E-state index >= 15 is 0 Å². The minimum atomic E-state index is -0.0505. The molecule has 2 N–H and O–H groups in total. The maximum Gasteiger partial charge on any atom is 0.234 e. The molecule has 0 saturated carbocycles. The van der Waals surface area contributed by atoms with E-state index in [-0.39, 0.29) is 11.2 Å². The molecule has 1 amide bonds. The van der Waals surface area contributed by atoms with Crippen molar-refractivity contribution in [1.82, 2.24) is 10.6 Å². The normalized spacial score (nSPS) is 11.7. The van der Waals surface area contributed by atoms with E-state index < -0.39 is 0 Å². The molecule has 146 valence electrons. The monoisotopic (exact) mass is 406 g/mol. The lowest BCUT2D eigenvalue weighted by molar-refractivity contribution is -0.120. The third-order valence-corrected chi connectivity index (χ3v) is 5.38. The molecule has 7 heteroatoms. The van der Waals surface area contributed by atoms with Crippen LogP contribution >= 0.6 is 24.4 Å². The van der Waals surface area contributed by atoms with Crippen LogP contribution in [0, 0.1) is 0 Å². The van der Waals surface area contributed by atoms with E-state index in [0.29, 0.717) is 13.1 Å². The molecule has 0 heterocycles. The van der Waals surface area contributed by atoms with Crippen LogP contribution in [0.2, 0.25) is 0 Å². The summed E-state index contributed by atoms with van der Waals surface area (Å²) in [5, 5.41) is 6.01. The van der Waals surface area contributed by atoms with E-state index in [2.05, 4.69) is 23.3 Å². The fourth-order valence-corrected chi connectivity index (χ4v) is 3.41. The van der Waals surface area contributed by atoms with Gasteiger partial charge in [0, 0.05) is 29.0 Å². The number of thiol groups is 1. The maximum atomic E-state index is 11.9. The summed E-state index contributed by atoms with van der Waals surface area (Å²) in [5.41, 5.74) is 1.04. The highest BCUT2D eigenvalue weighted by molar-refractivity contribution is 7.99. The zero-order chi connectivity index (χ0) is 19.5. The van der Waals surface area contributed by atoms with Gasteiger partial charge in [-0.25, -0.2) is 0 Å². The lowest BCUT2D eigenvalue weighted by Gasteiger charge is -2.13. The van der Waals surface area contributed by atoms with Crippen molar-refractivity contribution in [2.24, 2.45) is 0 Å². The van der Waals surface area contributed by atoms with Crippen LogP contribution in [0.3, 0.4) is 0 Å². The molecule has 2 aromatic rings. The number of methoxy groups -OCH3 is 2. The van der Waals surface area contributed by atoms with Gasteiger partial charge in [0.1, 0.15) is 11.5 Å². The molecule has 0 aliphatic carbocycles. The molecular formula is C20H26N2O3S2. The van der Waals surface area contributed by atoms with Gasteiger partial charge in [-0.3, -0.25) is 4.79 Å². The SMILES string of the molecule is COc1ccc(SCCNCC(=O)NCC(S)c2ccc(OC)cc2)cc1. The van der Waals surface area contributed by atoms with Gasteiger partial charge in [0.2, 0.25) is 5.91 Å². The lowest BCUT2D eigenvalue weighted by Crippen LogP contribution is -2.36. The van der Waals surface area contributed by atoms with Crippen molar-refractivity contribution in [2.45, 2.75) is 10.1 Å². The number of carbonyl (C=O) groups is 1. The Bertz CT molecular complexity index is 693. The number of amides is 1. The second kappa shape index (κ2) is 11.8. The number of carbonyl (C=O) groups excluding carboxylic acids is 1. The predicted octanol–water partition coefficient (Wildman–Crippen LogP) is 3.17. The van der Waals surface area contributed by atoms with E-state index in [1.165, 1.54) is 4.90 Å². The summed E-state index contributed by atoms with van der Waals surface area (Å²) in [6, 6.07) is 15.6. The molecule has 0 saturated heterocycles. The molecule has 0 aliphatic heterocycles. The van der Waals surface area contributed by atoms with E-state index in [0.717, 1.165) is 29.4 Å². The first-order chi connectivity index (χ1) is 13.1. The topological polar surface area (TPSA) is 59.6 Å². The lowest BCUT2D eigenvalue weighted by atomic mass is 10.1. The van der Waals surface area contributed by atoms with E-state index in [1.807, 2.05) is 48.5 Å². The van der Waals surface area contributed by atoms with Gasteiger partial charge < -0.3 is 20.1 Å². The van der Waals surface area contributed by atoms with Crippen molar-refractivity contribution < 1.29 is 14.3 Å². The van der Waals surface area contributed by atoms with Crippen LogP contribution in [0.15, 0.2) is 53.4 Å². The van der Waals surface area contributed by atoms with Crippen molar-refractivity contribution >= 4 is 30.3 Å². The Balaban J connectivity index is 1.58. The fourth-order valence-electron chi connectivity index (χ4n) is 2.33. The number of ether oxygens (including phenoxy) is 2. The summed E-state index contributed by atoms with van der Waals surface area (Å²) in [7, 11) is 3.29. The second-order valence-electron chi connectivity index (χ2n) is 5.79. The molecule has 1 atom stereocenters. The first-order valence-corrected chi connectivity index (χ1v) is 10.2. The standard InChI is InChI=1S/C20H26N2O3S2/c1-24-16-5-3-15(4-6-16)19(26)13-22-20(23)14-21-11-12-27-18-9-7-17(25-2)8-10-18/h3-10,19,21,26H,11-14H2,1-2H3,(H,22,23). The number of hydrogen-bond acceptors (Lipinski definition) is 6. The molecule has 27 heavy (non-hydrogen) atoms. The van der Waals surface area contributed by atoms with Crippen LogP contribution < -0.4 is 20.1 Å². The number of hydrogen-bond donors (Lipinski definition) is 3. The van der Waals surface area contributed by atoms with Crippen LogP contribution in [0.4, 0.5) is 0 Å². The summed E-state index contributed by atoms with van der Waals surface area (Å²) < 4.78 is 10.3. The molecule has 2 rings (SSSR count). The highest BCUT2D eigenvalue weighted by atomic mass is 32.2. The number of rotatable bonds is 11. The molecule has 0 aromatic heterocycles. The van der Waals surface area contributed by atoms with Crippen molar-refractivity contribution in [2.75, 3.05) is 39.6 Å². The third kappa shape index (κ3) is 7.74. The van der Waals surface area contributed by atoms with Gasteiger partial charge in [-0.2, -0.15) is 12.6 Å². The largest absolute Gasteiger partial charge is 0.497 e. The Morgan fingerprint density at radius 2 is 1.63 bits per heavy atom. The second-order valence-corrected chi connectivity index (χ2v) is 7.59. The van der Waals surface area contributed by atoms with Gasteiger partial charge in [-0.15, -0.1) is 11.8 Å². The highest BCUT2D eigenvalue weighted by Crippen LogP contribution is 2.22. The molecule has 0 fully saturated rings. The summed E-state index contributed by atoms with van der Waals surface area (Å²) in [5.74, 6) is 2.52. The van der Waals surface area contributed by atoms with E-state index in [9.17, 15) is 4.79 Å². The third-order valence-electron chi connectivity index (χ3n) is 3.89. The van der Waals surface area contributed by atoms with Gasteiger partial charge in [0.25, 0.3) is 0 Å². The van der Waals surface area contributed by atoms with Gasteiger partial charge in [0.05, 0.1) is 20.8 Å². The predicted molar refractivity (Wildman–Crippen MR) is 114 cm³/mol. The van der Waals surface area contributed by atoms with Crippen LogP contribution in [0.25, 0.3) is 0 Å². The first kappa shape index (κ1) is 21.5. The molecule has 0 spiro atoms. The minimum Gasteiger partial charge on any atom is -0.497 e. The molecule has 0 bridgehead atoms. The maximum absolute atomic E-state index is 11.9. The van der Waals surface area contributed by atoms with E-state index in [1.54, 1.807) is 26.0 Å². The van der Waals surface area contributed by atoms with Gasteiger partial charge in [-0.1, -0.05) is 12.1 Å². The average molecular weight is 407 g/mol. The fraction of sp³-hybridized carbons (Fsp3) is 0.350. The molecule has 5 nitrogen and oxygen atoms in total. The van der Waals surface area contributed by atoms with Crippen molar-refractivity contribution in [3.8, 4) is 11.5 Å². The Hall–Kier alpha value is -1.83. The Kier molecular flexibility index (Phi) is 9.38. The summed E-state index contributed by atoms with van der Waals surface area (Å²) >= 11 is 6.29. The van der Waals surface area contributed by atoms with Crippen molar-refractivity contribution in [3.05, 3.63) is 54.1 Å². The zero-order valence-electron chi connectivity index (χ0n) is 15.6. The summed E-state index contributed by atoms with van der Waals surface area (Å²) in [6.07, 6.45) is 0. The van der Waals surface area contributed by atoms with Crippen LogP contribution in [-0.2, 0) is 4.79 Å². The number of nitrogens with one attached hydrogen (secondary N) is 2. The van der Waals surface area contributed by atoms with Crippen LogP contribution in [0.5, 0.6) is 11.5 Å². The highest BCUT2D eigenvalue weighted by Gasteiger charge is 2.08. The molecule has 1 unspecified atom stereocenters. The Morgan fingerprint density at radius 3 is 2.22 bits per heavy atom. The summed E-state index contributed by atoms with van der Waals surface area (Å²) in [6.45, 7) is 1.54. The zero-order valence-corrected chi connectivity index (χ0v) is 17.3. The van der Waals surface area contributed by atoms with Gasteiger partial charge in [-0.05, 0) is 42.0 Å². The van der Waals surface area contributed by atoms with Crippen molar-refractivity contribution in [3.63, 3.8) is 0 Å². The van der Waals surface area contributed by atoms with Crippen molar-refractivity contribution in [1.29, 1.82) is 0 Å². The van der Waals surface area contributed by atoms with Crippen LogP contribution in [-0.4, -0.2) is 45.5 Å². The summed E-state index contributed by atoms with van der Waals surface area (Å²) in [4.78, 5) is 13.1. The molecular weight excluding hydrogens is 380 g/mol. The Morgan fingerprint density at radius 1 is 1.04 bits per heavy atom. The quantitative estimate of drug-likeness (QED) is 0.304. The number of benzene rings is 2. The first-order valence-electron chi connectivity index (χ1n) is 8.68. The van der Waals surface area contributed by atoms with Gasteiger partial charge >= 0.3 is 0 Å².